The Morgan fingerprint density at radius 3 is 2.35 bits per heavy atom. The minimum absolute atomic E-state index is 0.173. The van der Waals surface area contributed by atoms with Crippen molar-refractivity contribution in [3.63, 3.8) is 0 Å². The molecule has 156 valence electrons. The zero-order valence-electron chi connectivity index (χ0n) is 16.8. The van der Waals surface area contributed by atoms with Crippen molar-refractivity contribution in [1.82, 2.24) is 0 Å². The van der Waals surface area contributed by atoms with Gasteiger partial charge >= 0.3 is 0 Å². The van der Waals surface area contributed by atoms with Crippen LogP contribution in [-0.4, -0.2) is 20.1 Å². The molecule has 0 aliphatic heterocycles. The number of carbonyl (C=O) groups is 1. The minimum Gasteiger partial charge on any atom is -0.493 e. The van der Waals surface area contributed by atoms with E-state index < -0.39 is 0 Å². The van der Waals surface area contributed by atoms with E-state index in [4.69, 9.17) is 21.1 Å². The maximum absolute atomic E-state index is 13.4. The highest BCUT2D eigenvalue weighted by molar-refractivity contribution is 7.22. The van der Waals surface area contributed by atoms with Crippen LogP contribution in [0.5, 0.6) is 11.5 Å². The molecular formula is C24H18ClNO4S. The standard InChI is InChI=1S/C24H18ClNO4S/c1-29-18-12-9-15(13-19(18)30-2)21-22(27)17-5-3-4-6-20(17)31-24(21)26-23(28)14-7-10-16(25)11-8-14/h3-13H,1-2H3,(H,26,28). The molecule has 3 aromatic carbocycles. The lowest BCUT2D eigenvalue weighted by atomic mass is 10.0. The van der Waals surface area contributed by atoms with Crippen molar-refractivity contribution in [1.29, 1.82) is 0 Å². The normalized spacial score (nSPS) is 10.7. The molecule has 4 rings (SSSR count). The summed E-state index contributed by atoms with van der Waals surface area (Å²) in [6, 6.07) is 19.1. The molecule has 0 saturated heterocycles. The van der Waals surface area contributed by atoms with Gasteiger partial charge in [0.05, 0.1) is 19.8 Å². The van der Waals surface area contributed by atoms with Crippen molar-refractivity contribution in [2.75, 3.05) is 19.5 Å². The molecule has 4 aromatic rings. The van der Waals surface area contributed by atoms with Crippen LogP contribution in [0.1, 0.15) is 10.4 Å². The van der Waals surface area contributed by atoms with Crippen molar-refractivity contribution >= 4 is 43.9 Å². The molecule has 7 heteroatoms. The van der Waals surface area contributed by atoms with Crippen molar-refractivity contribution in [3.8, 4) is 22.6 Å². The lowest BCUT2D eigenvalue weighted by molar-refractivity contribution is 0.102. The summed E-state index contributed by atoms with van der Waals surface area (Å²) in [5, 5.41) is 4.49. The fourth-order valence-electron chi connectivity index (χ4n) is 3.26. The Morgan fingerprint density at radius 2 is 1.65 bits per heavy atom. The molecule has 5 nitrogen and oxygen atoms in total. The van der Waals surface area contributed by atoms with Gasteiger partial charge in [0.2, 0.25) is 0 Å². The highest BCUT2D eigenvalue weighted by Crippen LogP contribution is 2.37. The zero-order chi connectivity index (χ0) is 22.0. The van der Waals surface area contributed by atoms with E-state index in [1.807, 2.05) is 18.2 Å². The fraction of sp³-hybridized carbons (Fsp3) is 0.0833. The molecule has 0 radical (unpaired) electrons. The highest BCUT2D eigenvalue weighted by Gasteiger charge is 2.19. The van der Waals surface area contributed by atoms with Crippen molar-refractivity contribution in [2.24, 2.45) is 0 Å². The van der Waals surface area contributed by atoms with Crippen LogP contribution >= 0.6 is 22.9 Å². The fourth-order valence-corrected chi connectivity index (χ4v) is 4.48. The van der Waals surface area contributed by atoms with E-state index in [2.05, 4.69) is 5.32 Å². The van der Waals surface area contributed by atoms with E-state index in [-0.39, 0.29) is 11.3 Å². The second-order valence-electron chi connectivity index (χ2n) is 6.66. The first-order chi connectivity index (χ1) is 15.0. The number of ether oxygens (including phenoxy) is 2. The average molecular weight is 452 g/mol. The Balaban J connectivity index is 1.89. The van der Waals surface area contributed by atoms with Crippen molar-refractivity contribution in [2.45, 2.75) is 0 Å². The van der Waals surface area contributed by atoms with Gasteiger partial charge in [-0.3, -0.25) is 9.59 Å². The number of fused-ring (bicyclic) bond motifs is 1. The predicted octanol–water partition coefficient (Wildman–Crippen LogP) is 5.85. The van der Waals surface area contributed by atoms with Crippen LogP contribution in [0.4, 0.5) is 5.00 Å². The molecule has 0 bridgehead atoms. The van der Waals surface area contributed by atoms with E-state index in [0.29, 0.717) is 43.6 Å². The van der Waals surface area contributed by atoms with Gasteiger partial charge in [-0.25, -0.2) is 0 Å². The van der Waals surface area contributed by atoms with Gasteiger partial charge in [-0.15, -0.1) is 11.3 Å². The zero-order valence-corrected chi connectivity index (χ0v) is 18.3. The number of hydrogen-bond donors (Lipinski definition) is 1. The lowest BCUT2D eigenvalue weighted by Crippen LogP contribution is -2.15. The average Bonchev–Trinajstić information content (AvgIpc) is 2.79. The van der Waals surface area contributed by atoms with Gasteiger partial charge in [-0.2, -0.15) is 0 Å². The number of nitrogens with one attached hydrogen (secondary N) is 1. The first-order valence-corrected chi connectivity index (χ1v) is 10.6. The van der Waals surface area contributed by atoms with Crippen molar-refractivity contribution < 1.29 is 14.3 Å². The quantitative estimate of drug-likeness (QED) is 0.413. The van der Waals surface area contributed by atoms with Crippen LogP contribution in [0, 0.1) is 0 Å². The van der Waals surface area contributed by atoms with E-state index in [1.165, 1.54) is 18.4 Å². The summed E-state index contributed by atoms with van der Waals surface area (Å²) in [7, 11) is 3.08. The van der Waals surface area contributed by atoms with E-state index >= 15 is 0 Å². The molecule has 0 fully saturated rings. The Bertz CT molecular complexity index is 1330. The van der Waals surface area contributed by atoms with Crippen LogP contribution < -0.4 is 20.2 Å². The number of methoxy groups -OCH3 is 2. The predicted molar refractivity (Wildman–Crippen MR) is 126 cm³/mol. The number of rotatable bonds is 5. The van der Waals surface area contributed by atoms with Gasteiger partial charge in [0.15, 0.2) is 16.9 Å². The first kappa shape index (κ1) is 20.9. The SMILES string of the molecule is COc1ccc(-c2c(NC(=O)c3ccc(Cl)cc3)sc3ccccc3c2=O)cc1OC. The lowest BCUT2D eigenvalue weighted by Gasteiger charge is -2.14. The Labute approximate surface area is 187 Å². The maximum atomic E-state index is 13.4. The number of carbonyl (C=O) groups excluding carboxylic acids is 1. The minimum atomic E-state index is -0.329. The highest BCUT2D eigenvalue weighted by atomic mass is 35.5. The number of amides is 1. The third-order valence-corrected chi connectivity index (χ3v) is 6.14. The first-order valence-electron chi connectivity index (χ1n) is 9.37. The summed E-state index contributed by atoms with van der Waals surface area (Å²) in [5.41, 5.74) is 1.28. The molecule has 0 unspecified atom stereocenters. The second kappa shape index (κ2) is 8.79. The molecule has 1 aromatic heterocycles. The van der Waals surface area contributed by atoms with Gasteiger partial charge < -0.3 is 14.8 Å². The topological polar surface area (TPSA) is 64.6 Å². The van der Waals surface area contributed by atoms with Crippen molar-refractivity contribution in [3.05, 3.63) is 87.5 Å². The van der Waals surface area contributed by atoms with Gasteiger partial charge in [0.25, 0.3) is 5.91 Å². The number of anilines is 1. The van der Waals surface area contributed by atoms with Crippen LogP contribution in [0.25, 0.3) is 21.2 Å². The largest absolute Gasteiger partial charge is 0.493 e. The Morgan fingerprint density at radius 1 is 0.935 bits per heavy atom. The molecule has 0 aliphatic rings. The summed E-state index contributed by atoms with van der Waals surface area (Å²) in [6.45, 7) is 0. The van der Waals surface area contributed by atoms with Crippen LogP contribution in [-0.2, 0) is 0 Å². The Kier molecular flexibility index (Phi) is 5.93. The Hall–Kier alpha value is -3.35. The molecular weight excluding hydrogens is 434 g/mol. The van der Waals surface area contributed by atoms with Gasteiger partial charge in [0, 0.05) is 20.7 Å². The van der Waals surface area contributed by atoms with E-state index in [0.717, 1.165) is 4.70 Å². The second-order valence-corrected chi connectivity index (χ2v) is 8.15. The summed E-state index contributed by atoms with van der Waals surface area (Å²) in [4.78, 5) is 26.3. The van der Waals surface area contributed by atoms with Crippen LogP contribution in [0.2, 0.25) is 5.02 Å². The van der Waals surface area contributed by atoms with E-state index in [9.17, 15) is 9.59 Å². The molecule has 1 amide bonds. The molecule has 0 saturated carbocycles. The summed E-state index contributed by atoms with van der Waals surface area (Å²) >= 11 is 7.27. The van der Waals surface area contributed by atoms with Gasteiger partial charge in [-0.05, 0) is 54.1 Å². The van der Waals surface area contributed by atoms with Crippen LogP contribution in [0.15, 0.2) is 71.5 Å². The molecule has 0 spiro atoms. The summed E-state index contributed by atoms with van der Waals surface area (Å²) in [6.07, 6.45) is 0. The van der Waals surface area contributed by atoms with Crippen LogP contribution in [0.3, 0.4) is 0 Å². The maximum Gasteiger partial charge on any atom is 0.256 e. The van der Waals surface area contributed by atoms with Gasteiger partial charge in [0.1, 0.15) is 5.00 Å². The monoisotopic (exact) mass is 451 g/mol. The molecule has 0 aliphatic carbocycles. The van der Waals surface area contributed by atoms with E-state index in [1.54, 1.807) is 55.6 Å². The summed E-state index contributed by atoms with van der Waals surface area (Å²) in [5.74, 6) is 0.715. The molecule has 1 heterocycles. The number of halogens is 1. The third kappa shape index (κ3) is 4.13. The number of hydrogen-bond acceptors (Lipinski definition) is 5. The smallest absolute Gasteiger partial charge is 0.256 e. The van der Waals surface area contributed by atoms with Gasteiger partial charge in [-0.1, -0.05) is 29.8 Å². The summed E-state index contributed by atoms with van der Waals surface area (Å²) < 4.78 is 11.5. The number of benzene rings is 3. The molecule has 1 N–H and O–H groups in total. The third-order valence-electron chi connectivity index (χ3n) is 4.80. The molecule has 0 atom stereocenters. The molecule has 31 heavy (non-hydrogen) atoms.